The van der Waals surface area contributed by atoms with Crippen LogP contribution in [0.4, 0.5) is 0 Å². The van der Waals surface area contributed by atoms with E-state index in [1.807, 2.05) is 0 Å². The molecule has 3 aromatic rings. The van der Waals surface area contributed by atoms with Crippen LogP contribution < -0.4 is 5.32 Å². The van der Waals surface area contributed by atoms with Crippen LogP contribution in [-0.2, 0) is 0 Å². The smallest absolute Gasteiger partial charge is 0.289 e. The Morgan fingerprint density at radius 3 is 2.55 bits per heavy atom. The molecule has 0 atom stereocenters. The average Bonchev–Trinajstić information content (AvgIpc) is 3.39. The molecule has 7 nitrogen and oxygen atoms in total. The molecule has 1 N–H and O–H groups in total. The SMILES string of the molecule is Cc1oc(-c2ccc(Cl)cc2)nc1C(=O)NC1CCN(C(=O)c2ccco2)CC1. The van der Waals surface area contributed by atoms with Gasteiger partial charge in [-0.1, -0.05) is 11.6 Å². The quantitative estimate of drug-likeness (QED) is 0.700. The second-order valence-electron chi connectivity index (χ2n) is 6.95. The van der Waals surface area contributed by atoms with Gasteiger partial charge in [-0.3, -0.25) is 9.59 Å². The lowest BCUT2D eigenvalue weighted by molar-refractivity contribution is 0.0667. The number of nitrogens with one attached hydrogen (secondary N) is 1. The van der Waals surface area contributed by atoms with Crippen LogP contribution in [0.1, 0.15) is 39.6 Å². The maximum atomic E-state index is 12.7. The lowest BCUT2D eigenvalue weighted by Gasteiger charge is -2.31. The van der Waals surface area contributed by atoms with Gasteiger partial charge < -0.3 is 19.1 Å². The second kappa shape index (κ2) is 8.13. The Kier molecular flexibility index (Phi) is 5.40. The van der Waals surface area contributed by atoms with E-state index in [0.717, 1.165) is 5.56 Å². The average molecular weight is 414 g/mol. The van der Waals surface area contributed by atoms with Crippen LogP contribution in [-0.4, -0.2) is 40.8 Å². The van der Waals surface area contributed by atoms with Crippen molar-refractivity contribution in [2.45, 2.75) is 25.8 Å². The summed E-state index contributed by atoms with van der Waals surface area (Å²) >= 11 is 5.91. The van der Waals surface area contributed by atoms with Gasteiger partial charge in [0.15, 0.2) is 11.5 Å². The number of hydrogen-bond donors (Lipinski definition) is 1. The van der Waals surface area contributed by atoms with Crippen LogP contribution in [0, 0.1) is 6.92 Å². The Morgan fingerprint density at radius 1 is 1.17 bits per heavy atom. The van der Waals surface area contributed by atoms with Crippen molar-refractivity contribution in [2.75, 3.05) is 13.1 Å². The molecule has 0 spiro atoms. The molecule has 2 aromatic heterocycles. The first-order valence-corrected chi connectivity index (χ1v) is 9.76. The minimum atomic E-state index is -0.276. The summed E-state index contributed by atoms with van der Waals surface area (Å²) in [7, 11) is 0. The van der Waals surface area contributed by atoms with Crippen LogP contribution in [0.15, 0.2) is 51.5 Å². The minimum absolute atomic E-state index is 0.0294. The van der Waals surface area contributed by atoms with Gasteiger partial charge in [0.25, 0.3) is 11.8 Å². The van der Waals surface area contributed by atoms with Crippen LogP contribution in [0.3, 0.4) is 0 Å². The van der Waals surface area contributed by atoms with E-state index in [1.54, 1.807) is 48.2 Å². The van der Waals surface area contributed by atoms with E-state index in [1.165, 1.54) is 6.26 Å². The van der Waals surface area contributed by atoms with Crippen molar-refractivity contribution >= 4 is 23.4 Å². The Morgan fingerprint density at radius 2 is 1.90 bits per heavy atom. The summed E-state index contributed by atoms with van der Waals surface area (Å²) in [6.07, 6.45) is 2.82. The molecular weight excluding hydrogens is 394 g/mol. The lowest BCUT2D eigenvalue weighted by atomic mass is 10.0. The molecule has 2 amide bonds. The van der Waals surface area contributed by atoms with E-state index in [2.05, 4.69) is 10.3 Å². The van der Waals surface area contributed by atoms with Crippen molar-refractivity contribution in [3.8, 4) is 11.5 Å². The number of aryl methyl sites for hydroxylation is 1. The number of hydrogen-bond acceptors (Lipinski definition) is 5. The highest BCUT2D eigenvalue weighted by Gasteiger charge is 2.27. The number of amides is 2. The van der Waals surface area contributed by atoms with Gasteiger partial charge in [0.1, 0.15) is 5.76 Å². The number of halogens is 1. The molecule has 1 saturated heterocycles. The number of nitrogens with zero attached hydrogens (tertiary/aromatic N) is 2. The predicted octanol–water partition coefficient (Wildman–Crippen LogP) is 3.93. The third kappa shape index (κ3) is 4.19. The van der Waals surface area contributed by atoms with Crippen molar-refractivity contribution in [1.82, 2.24) is 15.2 Å². The van der Waals surface area contributed by atoms with Gasteiger partial charge >= 0.3 is 0 Å². The molecule has 0 unspecified atom stereocenters. The van der Waals surface area contributed by atoms with Gasteiger partial charge in [-0.05, 0) is 56.2 Å². The van der Waals surface area contributed by atoms with E-state index in [9.17, 15) is 9.59 Å². The van der Waals surface area contributed by atoms with Gasteiger partial charge in [-0.25, -0.2) is 4.98 Å². The van der Waals surface area contributed by atoms with E-state index in [0.29, 0.717) is 48.4 Å². The van der Waals surface area contributed by atoms with Crippen LogP contribution >= 0.6 is 11.6 Å². The lowest BCUT2D eigenvalue weighted by Crippen LogP contribution is -2.46. The fourth-order valence-corrected chi connectivity index (χ4v) is 3.49. The Bertz CT molecular complexity index is 1000. The minimum Gasteiger partial charge on any atom is -0.459 e. The zero-order valence-corrected chi connectivity index (χ0v) is 16.6. The monoisotopic (exact) mass is 413 g/mol. The Hall–Kier alpha value is -3.06. The second-order valence-corrected chi connectivity index (χ2v) is 7.38. The number of rotatable bonds is 4. The molecule has 3 heterocycles. The summed E-state index contributed by atoms with van der Waals surface area (Å²) in [5.41, 5.74) is 1.02. The number of aromatic nitrogens is 1. The summed E-state index contributed by atoms with van der Waals surface area (Å²) in [4.78, 5) is 31.1. The summed E-state index contributed by atoms with van der Waals surface area (Å²) in [5.74, 6) is 0.767. The summed E-state index contributed by atoms with van der Waals surface area (Å²) < 4.78 is 10.8. The molecule has 29 heavy (non-hydrogen) atoms. The molecule has 1 aliphatic rings. The largest absolute Gasteiger partial charge is 0.459 e. The molecule has 0 saturated carbocycles. The summed E-state index contributed by atoms with van der Waals surface area (Å²) in [5, 5.41) is 3.62. The zero-order chi connectivity index (χ0) is 20.4. The third-order valence-corrected chi connectivity index (χ3v) is 5.20. The number of furan rings is 1. The summed E-state index contributed by atoms with van der Waals surface area (Å²) in [6.45, 7) is 2.82. The highest BCUT2D eigenvalue weighted by Crippen LogP contribution is 2.24. The number of oxazole rings is 1. The van der Waals surface area contributed by atoms with E-state index in [-0.39, 0.29) is 23.6 Å². The number of carbonyl (C=O) groups is 2. The first-order chi connectivity index (χ1) is 14.0. The molecule has 150 valence electrons. The van der Waals surface area contributed by atoms with Crippen LogP contribution in [0.25, 0.3) is 11.5 Å². The molecular formula is C21H20ClN3O4. The normalized spacial score (nSPS) is 14.8. The van der Waals surface area contributed by atoms with E-state index < -0.39 is 0 Å². The molecule has 8 heteroatoms. The Labute approximate surface area is 172 Å². The maximum absolute atomic E-state index is 12.7. The third-order valence-electron chi connectivity index (χ3n) is 4.95. The fourth-order valence-electron chi connectivity index (χ4n) is 3.36. The molecule has 0 bridgehead atoms. The van der Waals surface area contributed by atoms with Crippen molar-refractivity contribution in [1.29, 1.82) is 0 Å². The van der Waals surface area contributed by atoms with E-state index >= 15 is 0 Å². The van der Waals surface area contributed by atoms with Crippen LogP contribution in [0.5, 0.6) is 0 Å². The maximum Gasteiger partial charge on any atom is 0.289 e. The van der Waals surface area contributed by atoms with Crippen molar-refractivity contribution in [2.24, 2.45) is 0 Å². The van der Waals surface area contributed by atoms with Crippen molar-refractivity contribution in [3.63, 3.8) is 0 Å². The Balaban J connectivity index is 1.37. The zero-order valence-electron chi connectivity index (χ0n) is 15.9. The van der Waals surface area contributed by atoms with E-state index in [4.69, 9.17) is 20.4 Å². The number of carbonyl (C=O) groups excluding carboxylic acids is 2. The first-order valence-electron chi connectivity index (χ1n) is 9.38. The molecule has 1 fully saturated rings. The van der Waals surface area contributed by atoms with Gasteiger partial charge in [0, 0.05) is 29.7 Å². The number of likely N-dealkylation sites (tertiary alicyclic amines) is 1. The van der Waals surface area contributed by atoms with Gasteiger partial charge in [-0.15, -0.1) is 0 Å². The molecule has 1 aromatic carbocycles. The topological polar surface area (TPSA) is 88.6 Å². The molecule has 0 aliphatic carbocycles. The van der Waals surface area contributed by atoms with Crippen molar-refractivity contribution in [3.05, 3.63) is 64.9 Å². The van der Waals surface area contributed by atoms with Gasteiger partial charge in [-0.2, -0.15) is 0 Å². The highest BCUT2D eigenvalue weighted by atomic mass is 35.5. The molecule has 0 radical (unpaired) electrons. The number of benzene rings is 1. The van der Waals surface area contributed by atoms with Crippen molar-refractivity contribution < 1.29 is 18.4 Å². The standard InChI is InChI=1S/C21H20ClN3O4/c1-13-18(24-20(29-13)14-4-6-15(22)7-5-14)19(26)23-16-8-10-25(11-9-16)21(27)17-3-2-12-28-17/h2-7,12,16H,8-11H2,1H3,(H,23,26). The summed E-state index contributed by atoms with van der Waals surface area (Å²) in [6, 6.07) is 10.4. The van der Waals surface area contributed by atoms with Crippen LogP contribution in [0.2, 0.25) is 5.02 Å². The highest BCUT2D eigenvalue weighted by molar-refractivity contribution is 6.30. The predicted molar refractivity (Wildman–Crippen MR) is 107 cm³/mol. The van der Waals surface area contributed by atoms with Gasteiger partial charge in [0.2, 0.25) is 5.89 Å². The van der Waals surface area contributed by atoms with Gasteiger partial charge in [0.05, 0.1) is 6.26 Å². The number of piperidine rings is 1. The first kappa shape index (κ1) is 19.3. The molecule has 1 aliphatic heterocycles. The molecule has 4 rings (SSSR count). The fraction of sp³-hybridized carbons (Fsp3) is 0.286.